The van der Waals surface area contributed by atoms with E-state index in [1.54, 1.807) is 4.57 Å². The standard InChI is InChI=1S/C10H13N9O2/c11-8-5-9(16-10(12)15-8)19(2-14-5)4-1-3(17-18-13)6(20)7(4)21/h2-4,6-7,20-21H,1H2,(H4,11,12,15,16)/t3-,4-,6-,7+/m1/s1. The zero-order chi connectivity index (χ0) is 15.1. The van der Waals surface area contributed by atoms with Crippen LogP contribution in [0.15, 0.2) is 11.4 Å². The Morgan fingerprint density at radius 1 is 1.33 bits per heavy atom. The van der Waals surface area contributed by atoms with Crippen molar-refractivity contribution in [3.05, 3.63) is 16.8 Å². The van der Waals surface area contributed by atoms with E-state index in [0.29, 0.717) is 11.2 Å². The molecule has 0 amide bonds. The number of fused-ring (bicyclic) bond motifs is 1. The Labute approximate surface area is 117 Å². The Hall–Kier alpha value is -2.62. The maximum Gasteiger partial charge on any atom is 0.224 e. The van der Waals surface area contributed by atoms with Gasteiger partial charge in [-0.15, -0.1) is 0 Å². The first kappa shape index (κ1) is 13.4. The lowest BCUT2D eigenvalue weighted by Crippen LogP contribution is -2.30. The van der Waals surface area contributed by atoms with E-state index in [9.17, 15) is 10.2 Å². The lowest BCUT2D eigenvalue weighted by atomic mass is 10.2. The minimum Gasteiger partial charge on any atom is -0.390 e. The molecule has 1 saturated carbocycles. The van der Waals surface area contributed by atoms with Gasteiger partial charge in [0.25, 0.3) is 0 Å². The van der Waals surface area contributed by atoms with Gasteiger partial charge in [0.05, 0.1) is 24.5 Å². The van der Waals surface area contributed by atoms with Gasteiger partial charge in [-0.25, -0.2) is 4.98 Å². The van der Waals surface area contributed by atoms with Crippen molar-refractivity contribution in [2.24, 2.45) is 5.11 Å². The molecule has 3 rings (SSSR count). The number of hydrogen-bond donors (Lipinski definition) is 4. The predicted octanol–water partition coefficient (Wildman–Crippen LogP) is -0.664. The van der Waals surface area contributed by atoms with E-state index in [0.717, 1.165) is 0 Å². The molecule has 4 atom stereocenters. The molecule has 1 fully saturated rings. The molecule has 11 nitrogen and oxygen atoms in total. The van der Waals surface area contributed by atoms with Gasteiger partial charge < -0.3 is 26.2 Å². The molecule has 2 heterocycles. The molecule has 0 aliphatic heterocycles. The lowest BCUT2D eigenvalue weighted by molar-refractivity contribution is 0.0187. The number of aliphatic hydroxyl groups is 2. The highest BCUT2D eigenvalue weighted by atomic mass is 16.3. The molecule has 0 saturated heterocycles. The number of hydrogen-bond acceptors (Lipinski definition) is 8. The summed E-state index contributed by atoms with van der Waals surface area (Å²) >= 11 is 0. The number of aliphatic hydroxyl groups excluding tert-OH is 2. The van der Waals surface area contributed by atoms with Crippen molar-refractivity contribution >= 4 is 22.9 Å². The van der Waals surface area contributed by atoms with Crippen molar-refractivity contribution in [1.29, 1.82) is 0 Å². The Kier molecular flexibility index (Phi) is 3.01. The molecular formula is C10H13N9O2. The Morgan fingerprint density at radius 2 is 2.10 bits per heavy atom. The van der Waals surface area contributed by atoms with Gasteiger partial charge in [-0.1, -0.05) is 5.11 Å². The second-order valence-electron chi connectivity index (χ2n) is 4.85. The third-order valence-corrected chi connectivity index (χ3v) is 3.64. The molecule has 0 spiro atoms. The molecule has 2 aromatic rings. The van der Waals surface area contributed by atoms with Crippen LogP contribution in [0.2, 0.25) is 0 Å². The number of azide groups is 1. The predicted molar refractivity (Wildman–Crippen MR) is 72.7 cm³/mol. The number of nitrogen functional groups attached to an aromatic ring is 2. The number of aromatic nitrogens is 4. The topological polar surface area (TPSA) is 185 Å². The first-order valence-corrected chi connectivity index (χ1v) is 6.18. The normalized spacial score (nSPS) is 28.7. The molecule has 1 aliphatic rings. The molecule has 6 N–H and O–H groups in total. The molecule has 0 unspecified atom stereocenters. The van der Waals surface area contributed by atoms with Crippen molar-refractivity contribution < 1.29 is 10.2 Å². The Bertz CT molecular complexity index is 737. The van der Waals surface area contributed by atoms with Crippen LogP contribution in [0.5, 0.6) is 0 Å². The Morgan fingerprint density at radius 3 is 2.81 bits per heavy atom. The summed E-state index contributed by atoms with van der Waals surface area (Å²) < 4.78 is 1.56. The van der Waals surface area contributed by atoms with E-state index < -0.39 is 24.3 Å². The van der Waals surface area contributed by atoms with Crippen LogP contribution < -0.4 is 11.5 Å². The van der Waals surface area contributed by atoms with Gasteiger partial charge in [-0.05, 0) is 12.0 Å². The minimum absolute atomic E-state index is 0.0126. The summed E-state index contributed by atoms with van der Waals surface area (Å²) in [6.45, 7) is 0. The Balaban J connectivity index is 2.07. The summed E-state index contributed by atoms with van der Waals surface area (Å²) in [4.78, 5) is 14.6. The zero-order valence-corrected chi connectivity index (χ0v) is 10.8. The summed E-state index contributed by atoms with van der Waals surface area (Å²) in [7, 11) is 0. The van der Waals surface area contributed by atoms with Crippen molar-refractivity contribution in [2.75, 3.05) is 11.5 Å². The maximum absolute atomic E-state index is 10.1. The van der Waals surface area contributed by atoms with E-state index in [1.165, 1.54) is 6.33 Å². The van der Waals surface area contributed by atoms with Crippen LogP contribution in [-0.2, 0) is 0 Å². The minimum atomic E-state index is -1.15. The first-order chi connectivity index (χ1) is 10.0. The average molecular weight is 291 g/mol. The second kappa shape index (κ2) is 4.74. The second-order valence-corrected chi connectivity index (χ2v) is 4.85. The van der Waals surface area contributed by atoms with Gasteiger partial charge >= 0.3 is 0 Å². The molecule has 11 heteroatoms. The number of nitrogens with zero attached hydrogens (tertiary/aromatic N) is 7. The fourth-order valence-electron chi connectivity index (χ4n) is 2.64. The number of nitrogens with two attached hydrogens (primary N) is 2. The molecule has 21 heavy (non-hydrogen) atoms. The fourth-order valence-corrected chi connectivity index (χ4v) is 2.64. The van der Waals surface area contributed by atoms with Crippen LogP contribution in [-0.4, -0.2) is 48.0 Å². The quantitative estimate of drug-likeness (QED) is 0.321. The van der Waals surface area contributed by atoms with E-state index in [4.69, 9.17) is 17.0 Å². The van der Waals surface area contributed by atoms with Crippen molar-refractivity contribution in [2.45, 2.75) is 30.7 Å². The third-order valence-electron chi connectivity index (χ3n) is 3.64. The van der Waals surface area contributed by atoms with Gasteiger partial charge in [-0.3, -0.25) is 0 Å². The highest BCUT2D eigenvalue weighted by molar-refractivity contribution is 5.82. The smallest absolute Gasteiger partial charge is 0.224 e. The van der Waals surface area contributed by atoms with Gasteiger partial charge in [0.15, 0.2) is 11.5 Å². The largest absolute Gasteiger partial charge is 0.390 e. The van der Waals surface area contributed by atoms with E-state index in [1.807, 2.05) is 0 Å². The molecule has 110 valence electrons. The lowest BCUT2D eigenvalue weighted by Gasteiger charge is -2.18. The van der Waals surface area contributed by atoms with Crippen LogP contribution >= 0.6 is 0 Å². The van der Waals surface area contributed by atoms with Crippen LogP contribution in [0.25, 0.3) is 21.6 Å². The molecule has 0 bridgehead atoms. The van der Waals surface area contributed by atoms with E-state index in [-0.39, 0.29) is 18.2 Å². The summed E-state index contributed by atoms with van der Waals surface area (Å²) in [5.74, 6) is 0.122. The van der Waals surface area contributed by atoms with Gasteiger partial charge in [0.1, 0.15) is 11.6 Å². The highest BCUT2D eigenvalue weighted by Crippen LogP contribution is 2.35. The van der Waals surface area contributed by atoms with Crippen molar-refractivity contribution in [3.63, 3.8) is 0 Å². The molecule has 0 aromatic carbocycles. The summed E-state index contributed by atoms with van der Waals surface area (Å²) in [5, 5.41) is 23.5. The third kappa shape index (κ3) is 2.00. The molecule has 0 radical (unpaired) electrons. The summed E-state index contributed by atoms with van der Waals surface area (Å²) in [5.41, 5.74) is 20.5. The molecule has 2 aromatic heterocycles. The zero-order valence-electron chi connectivity index (χ0n) is 10.8. The van der Waals surface area contributed by atoms with Crippen molar-refractivity contribution in [1.82, 2.24) is 19.5 Å². The van der Waals surface area contributed by atoms with E-state index in [2.05, 4.69) is 25.0 Å². The summed E-state index contributed by atoms with van der Waals surface area (Å²) in [6.07, 6.45) is -0.578. The monoisotopic (exact) mass is 291 g/mol. The SMILES string of the molecule is [N-]=[N+]=N[C@@H]1C[C@@H](n2cnc3c(N)nc(N)nc32)[C@H](O)[C@@H]1O. The average Bonchev–Trinajstić information content (AvgIpc) is 2.96. The van der Waals surface area contributed by atoms with E-state index >= 15 is 0 Å². The van der Waals surface area contributed by atoms with Gasteiger partial charge in [-0.2, -0.15) is 9.97 Å². The number of imidazole rings is 1. The first-order valence-electron chi connectivity index (χ1n) is 6.18. The summed E-state index contributed by atoms with van der Waals surface area (Å²) in [6, 6.07) is -1.27. The fraction of sp³-hybridized carbons (Fsp3) is 0.500. The number of anilines is 2. The van der Waals surface area contributed by atoms with Gasteiger partial charge in [0.2, 0.25) is 5.95 Å². The molecular weight excluding hydrogens is 278 g/mol. The number of rotatable bonds is 2. The van der Waals surface area contributed by atoms with Crippen LogP contribution in [0, 0.1) is 0 Å². The highest BCUT2D eigenvalue weighted by Gasteiger charge is 2.42. The van der Waals surface area contributed by atoms with Crippen molar-refractivity contribution in [3.8, 4) is 0 Å². The van der Waals surface area contributed by atoms with Crippen LogP contribution in [0.1, 0.15) is 12.5 Å². The molecule has 1 aliphatic carbocycles. The van der Waals surface area contributed by atoms with Crippen LogP contribution in [0.3, 0.4) is 0 Å². The maximum atomic E-state index is 10.1. The van der Waals surface area contributed by atoms with Gasteiger partial charge in [0, 0.05) is 4.91 Å². The van der Waals surface area contributed by atoms with Crippen LogP contribution in [0.4, 0.5) is 11.8 Å².